The summed E-state index contributed by atoms with van der Waals surface area (Å²) < 4.78 is 20.5. The highest BCUT2D eigenvalue weighted by Gasteiger charge is 2.24. The van der Waals surface area contributed by atoms with Gasteiger partial charge in [0.05, 0.1) is 6.54 Å². The van der Waals surface area contributed by atoms with Crippen LogP contribution in [0.5, 0.6) is 5.75 Å². The first-order valence-electron chi connectivity index (χ1n) is 5.62. The number of rotatable bonds is 2. The van der Waals surface area contributed by atoms with Crippen molar-refractivity contribution in [3.63, 3.8) is 0 Å². The fourth-order valence-electron chi connectivity index (χ4n) is 2.18. The predicted molar refractivity (Wildman–Crippen MR) is 61.5 cm³/mol. The Hall–Kier alpha value is -2.35. The van der Waals surface area contributed by atoms with Gasteiger partial charge in [0.25, 0.3) is 0 Å². The lowest BCUT2D eigenvalue weighted by Gasteiger charge is -2.11. The van der Waals surface area contributed by atoms with Crippen molar-refractivity contribution >= 4 is 0 Å². The number of ether oxygens (including phenoxy) is 1. The van der Waals surface area contributed by atoms with E-state index in [1.54, 1.807) is 23.0 Å². The number of nitrogens with zero attached hydrogens (tertiary/aromatic N) is 3. The monoisotopic (exact) mass is 243 g/mol. The molecule has 0 aliphatic carbocycles. The minimum atomic E-state index is -0.252. The van der Waals surface area contributed by atoms with Gasteiger partial charge in [0.15, 0.2) is 0 Å². The van der Waals surface area contributed by atoms with Crippen LogP contribution in [0.1, 0.15) is 11.4 Å². The van der Waals surface area contributed by atoms with Crippen LogP contribution in [0.3, 0.4) is 0 Å². The van der Waals surface area contributed by atoms with E-state index < -0.39 is 0 Å². The molecule has 1 aromatic heterocycles. The molecule has 0 radical (unpaired) electrons. The van der Waals surface area contributed by atoms with Crippen LogP contribution in [0.2, 0.25) is 0 Å². The molecule has 5 heteroatoms. The first kappa shape index (κ1) is 10.8. The van der Waals surface area contributed by atoms with Gasteiger partial charge in [-0.1, -0.05) is 0 Å². The van der Waals surface area contributed by atoms with E-state index in [4.69, 9.17) is 10.00 Å². The third kappa shape index (κ3) is 1.82. The predicted octanol–water partition coefficient (Wildman–Crippen LogP) is 1.90. The number of fused-ring (bicyclic) bond motifs is 1. The molecule has 90 valence electrons. The SMILES string of the molecule is N#Cc1nccn1CC1Cc2cc(F)ccc2O1. The summed E-state index contributed by atoms with van der Waals surface area (Å²) in [6.45, 7) is 0.541. The van der Waals surface area contributed by atoms with Gasteiger partial charge in [-0.2, -0.15) is 5.26 Å². The average Bonchev–Trinajstić information content (AvgIpc) is 2.94. The van der Waals surface area contributed by atoms with E-state index in [0.717, 1.165) is 11.3 Å². The van der Waals surface area contributed by atoms with Crippen molar-refractivity contribution in [1.29, 1.82) is 5.26 Å². The van der Waals surface area contributed by atoms with Crippen molar-refractivity contribution in [3.8, 4) is 11.8 Å². The van der Waals surface area contributed by atoms with Crippen molar-refractivity contribution in [3.05, 3.63) is 47.8 Å². The number of aromatic nitrogens is 2. The van der Waals surface area contributed by atoms with Crippen LogP contribution >= 0.6 is 0 Å². The van der Waals surface area contributed by atoms with E-state index in [2.05, 4.69) is 4.98 Å². The molecular formula is C13H10FN3O. The van der Waals surface area contributed by atoms with E-state index in [0.29, 0.717) is 18.8 Å². The summed E-state index contributed by atoms with van der Waals surface area (Å²) in [4.78, 5) is 3.93. The second-order valence-electron chi connectivity index (χ2n) is 4.21. The second-order valence-corrected chi connectivity index (χ2v) is 4.21. The first-order valence-corrected chi connectivity index (χ1v) is 5.62. The van der Waals surface area contributed by atoms with Crippen LogP contribution in [0.4, 0.5) is 4.39 Å². The van der Waals surface area contributed by atoms with E-state index in [-0.39, 0.29) is 11.9 Å². The van der Waals surface area contributed by atoms with Gasteiger partial charge >= 0.3 is 0 Å². The van der Waals surface area contributed by atoms with Crippen LogP contribution < -0.4 is 4.74 Å². The molecule has 0 spiro atoms. The van der Waals surface area contributed by atoms with Crippen molar-refractivity contribution in [2.75, 3.05) is 0 Å². The van der Waals surface area contributed by atoms with Gasteiger partial charge in [0.1, 0.15) is 23.7 Å². The standard InChI is InChI=1S/C13H10FN3O/c14-10-1-2-12-9(5-10)6-11(18-12)8-17-4-3-16-13(17)7-15/h1-5,11H,6,8H2. The Morgan fingerprint density at radius 1 is 1.56 bits per heavy atom. The number of halogens is 1. The summed E-state index contributed by atoms with van der Waals surface area (Å²) in [6.07, 6.45) is 3.89. The molecule has 1 aliphatic rings. The van der Waals surface area contributed by atoms with Crippen molar-refractivity contribution in [2.24, 2.45) is 0 Å². The average molecular weight is 243 g/mol. The summed E-state index contributed by atoms with van der Waals surface area (Å²) in [6, 6.07) is 6.54. The van der Waals surface area contributed by atoms with Crippen LogP contribution in [-0.4, -0.2) is 15.7 Å². The topological polar surface area (TPSA) is 50.8 Å². The van der Waals surface area contributed by atoms with Crippen LogP contribution in [0, 0.1) is 17.1 Å². The Balaban J connectivity index is 1.77. The fraction of sp³-hybridized carbons (Fsp3) is 0.231. The Morgan fingerprint density at radius 3 is 3.28 bits per heavy atom. The quantitative estimate of drug-likeness (QED) is 0.809. The summed E-state index contributed by atoms with van der Waals surface area (Å²) in [5, 5.41) is 8.87. The lowest BCUT2D eigenvalue weighted by Crippen LogP contribution is -2.21. The summed E-state index contributed by atoms with van der Waals surface area (Å²) in [5.74, 6) is 0.833. The van der Waals surface area contributed by atoms with Crippen LogP contribution in [-0.2, 0) is 13.0 Å². The molecule has 2 aromatic rings. The van der Waals surface area contributed by atoms with Crippen molar-refractivity contribution in [1.82, 2.24) is 9.55 Å². The highest BCUT2D eigenvalue weighted by Crippen LogP contribution is 2.29. The molecule has 1 atom stereocenters. The maximum absolute atomic E-state index is 13.1. The summed E-state index contributed by atoms with van der Waals surface area (Å²) >= 11 is 0. The Labute approximate surface area is 103 Å². The van der Waals surface area contributed by atoms with Gasteiger partial charge < -0.3 is 9.30 Å². The lowest BCUT2D eigenvalue weighted by molar-refractivity contribution is 0.208. The maximum Gasteiger partial charge on any atom is 0.212 e. The zero-order valence-electron chi connectivity index (χ0n) is 9.51. The van der Waals surface area contributed by atoms with Crippen LogP contribution in [0.25, 0.3) is 0 Å². The zero-order valence-corrected chi connectivity index (χ0v) is 9.51. The normalized spacial score (nSPS) is 17.0. The van der Waals surface area contributed by atoms with E-state index >= 15 is 0 Å². The lowest BCUT2D eigenvalue weighted by atomic mass is 10.1. The molecule has 1 aliphatic heterocycles. The molecule has 0 saturated heterocycles. The molecule has 18 heavy (non-hydrogen) atoms. The van der Waals surface area contributed by atoms with E-state index in [1.165, 1.54) is 12.1 Å². The number of nitriles is 1. The smallest absolute Gasteiger partial charge is 0.212 e. The molecule has 0 N–H and O–H groups in total. The second kappa shape index (κ2) is 4.15. The highest BCUT2D eigenvalue weighted by atomic mass is 19.1. The number of imidazole rings is 1. The summed E-state index contributed by atoms with van der Waals surface area (Å²) in [5.41, 5.74) is 0.874. The maximum atomic E-state index is 13.1. The first-order chi connectivity index (χ1) is 8.76. The zero-order chi connectivity index (χ0) is 12.5. The van der Waals surface area contributed by atoms with Gasteiger partial charge in [-0.05, 0) is 18.2 Å². The molecule has 0 bridgehead atoms. The third-order valence-corrected chi connectivity index (χ3v) is 2.98. The highest BCUT2D eigenvalue weighted by molar-refractivity contribution is 5.37. The molecule has 0 fully saturated rings. The van der Waals surface area contributed by atoms with Crippen molar-refractivity contribution < 1.29 is 9.13 Å². The van der Waals surface area contributed by atoms with Gasteiger partial charge in [0, 0.05) is 24.4 Å². The molecule has 4 nitrogen and oxygen atoms in total. The Bertz CT molecular complexity index is 629. The summed E-state index contributed by atoms with van der Waals surface area (Å²) in [7, 11) is 0. The Kier molecular flexibility index (Phi) is 2.49. The molecular weight excluding hydrogens is 233 g/mol. The van der Waals surface area contributed by atoms with E-state index in [9.17, 15) is 4.39 Å². The molecule has 0 amide bonds. The largest absolute Gasteiger partial charge is 0.488 e. The van der Waals surface area contributed by atoms with Gasteiger partial charge in [0.2, 0.25) is 5.82 Å². The number of benzene rings is 1. The Morgan fingerprint density at radius 2 is 2.44 bits per heavy atom. The molecule has 0 saturated carbocycles. The van der Waals surface area contributed by atoms with Gasteiger partial charge in [-0.25, -0.2) is 9.37 Å². The fourth-order valence-corrected chi connectivity index (χ4v) is 2.18. The molecule has 1 unspecified atom stereocenters. The number of hydrogen-bond donors (Lipinski definition) is 0. The third-order valence-electron chi connectivity index (χ3n) is 2.98. The van der Waals surface area contributed by atoms with Crippen molar-refractivity contribution in [2.45, 2.75) is 19.1 Å². The van der Waals surface area contributed by atoms with Crippen LogP contribution in [0.15, 0.2) is 30.6 Å². The molecule has 2 heterocycles. The molecule has 3 rings (SSSR count). The van der Waals surface area contributed by atoms with Gasteiger partial charge in [-0.3, -0.25) is 0 Å². The van der Waals surface area contributed by atoms with Gasteiger partial charge in [-0.15, -0.1) is 0 Å². The minimum Gasteiger partial charge on any atom is -0.488 e. The molecule has 1 aromatic carbocycles. The van der Waals surface area contributed by atoms with E-state index in [1.807, 2.05) is 6.07 Å². The minimum absolute atomic E-state index is 0.0805. The number of hydrogen-bond acceptors (Lipinski definition) is 3.